The molecule has 0 fully saturated rings. The van der Waals surface area contributed by atoms with Gasteiger partial charge in [0.2, 0.25) is 0 Å². The zero-order chi connectivity index (χ0) is 18.5. The monoisotopic (exact) mass is 375 g/mol. The second kappa shape index (κ2) is 5.92. The summed E-state index contributed by atoms with van der Waals surface area (Å²) in [6, 6.07) is 11.9. The number of anilines is 1. The first-order chi connectivity index (χ1) is 13.1. The van der Waals surface area contributed by atoms with Crippen LogP contribution in [0.2, 0.25) is 0 Å². The van der Waals surface area contributed by atoms with E-state index in [2.05, 4.69) is 27.6 Å². The minimum atomic E-state index is -0.332. The summed E-state index contributed by atoms with van der Waals surface area (Å²) in [5.41, 5.74) is 4.81. The molecule has 0 bridgehead atoms. The largest absolute Gasteiger partial charge is 0.360 e. The van der Waals surface area contributed by atoms with Crippen LogP contribution in [0, 0.1) is 13.8 Å². The van der Waals surface area contributed by atoms with Crippen LogP contribution in [0.5, 0.6) is 0 Å². The summed E-state index contributed by atoms with van der Waals surface area (Å²) in [4.78, 5) is 18.9. The Labute approximate surface area is 159 Å². The van der Waals surface area contributed by atoms with Gasteiger partial charge in [0.05, 0.1) is 17.6 Å². The summed E-state index contributed by atoms with van der Waals surface area (Å²) in [7, 11) is 0. The van der Waals surface area contributed by atoms with Crippen molar-refractivity contribution in [2.24, 2.45) is 0 Å². The van der Waals surface area contributed by atoms with Crippen molar-refractivity contribution in [1.29, 1.82) is 0 Å². The van der Waals surface area contributed by atoms with E-state index in [9.17, 15) is 4.79 Å². The third-order valence-electron chi connectivity index (χ3n) is 4.71. The van der Waals surface area contributed by atoms with Crippen molar-refractivity contribution in [3.05, 3.63) is 70.5 Å². The van der Waals surface area contributed by atoms with Crippen molar-refractivity contribution in [3.63, 3.8) is 0 Å². The van der Waals surface area contributed by atoms with Crippen LogP contribution in [0.25, 0.3) is 15.9 Å². The van der Waals surface area contributed by atoms with E-state index >= 15 is 0 Å². The maximum Gasteiger partial charge on any atom is 0.265 e. The Morgan fingerprint density at radius 3 is 2.78 bits per heavy atom. The van der Waals surface area contributed by atoms with E-state index in [-0.39, 0.29) is 12.1 Å². The molecule has 4 aromatic rings. The molecule has 0 saturated carbocycles. The van der Waals surface area contributed by atoms with Gasteiger partial charge in [-0.3, -0.25) is 4.79 Å². The fraction of sp³-hybridized carbons (Fsp3) is 0.150. The molecule has 0 aliphatic carbocycles. The molecule has 0 radical (unpaired) electrons. The first-order valence-electron chi connectivity index (χ1n) is 8.68. The average molecular weight is 375 g/mol. The minimum Gasteiger partial charge on any atom is -0.360 e. The van der Waals surface area contributed by atoms with Crippen LogP contribution in [0.4, 0.5) is 5.69 Å². The van der Waals surface area contributed by atoms with Gasteiger partial charge >= 0.3 is 0 Å². The van der Waals surface area contributed by atoms with E-state index in [4.69, 9.17) is 0 Å². The molecule has 1 aliphatic heterocycles. The Bertz CT molecular complexity index is 1180. The lowest BCUT2D eigenvalue weighted by Crippen LogP contribution is -2.37. The number of aromatic nitrogens is 3. The van der Waals surface area contributed by atoms with Crippen molar-refractivity contribution in [1.82, 2.24) is 20.1 Å². The van der Waals surface area contributed by atoms with Gasteiger partial charge < -0.3 is 10.6 Å². The molecule has 1 aromatic carbocycles. The Hall–Kier alpha value is -3.19. The second-order valence-corrected chi connectivity index (χ2v) is 7.67. The zero-order valence-electron chi connectivity index (χ0n) is 14.9. The van der Waals surface area contributed by atoms with Crippen molar-refractivity contribution in [2.75, 3.05) is 5.32 Å². The molecule has 0 spiro atoms. The van der Waals surface area contributed by atoms with Gasteiger partial charge in [0.15, 0.2) is 0 Å². The number of aryl methyl sites for hydroxylation is 2. The van der Waals surface area contributed by atoms with E-state index in [1.54, 1.807) is 10.9 Å². The minimum absolute atomic E-state index is 0.0822. The van der Waals surface area contributed by atoms with Crippen LogP contribution in [-0.2, 0) is 0 Å². The van der Waals surface area contributed by atoms with Crippen LogP contribution < -0.4 is 10.6 Å². The topological polar surface area (TPSA) is 71.8 Å². The fourth-order valence-electron chi connectivity index (χ4n) is 3.49. The van der Waals surface area contributed by atoms with E-state index in [1.807, 2.05) is 49.5 Å². The van der Waals surface area contributed by atoms with Gasteiger partial charge in [-0.2, -0.15) is 5.10 Å². The third-order valence-corrected chi connectivity index (χ3v) is 5.80. The number of benzene rings is 1. The molecule has 134 valence electrons. The number of fused-ring (bicyclic) bond motifs is 3. The maximum absolute atomic E-state index is 12.7. The standard InChI is InChI=1S/C20H17N5OS/c1-11-8-12(2)22-20-15(11)16-17(27-20)19(26)24-18(23-16)13-9-21-25(10-13)14-6-4-3-5-7-14/h3-10,18,23H,1-2H3,(H,24,26)/t18-/m1/s1. The highest BCUT2D eigenvalue weighted by Crippen LogP contribution is 2.40. The van der Waals surface area contributed by atoms with E-state index in [1.165, 1.54) is 11.3 Å². The predicted octanol–water partition coefficient (Wildman–Crippen LogP) is 3.95. The highest BCUT2D eigenvalue weighted by molar-refractivity contribution is 7.21. The van der Waals surface area contributed by atoms with Crippen LogP contribution in [0.15, 0.2) is 48.8 Å². The molecule has 2 N–H and O–H groups in total. The maximum atomic E-state index is 12.7. The van der Waals surface area contributed by atoms with Gasteiger partial charge in [-0.15, -0.1) is 11.3 Å². The van der Waals surface area contributed by atoms with Crippen LogP contribution in [-0.4, -0.2) is 20.7 Å². The van der Waals surface area contributed by atoms with Gasteiger partial charge in [-0.05, 0) is 37.6 Å². The van der Waals surface area contributed by atoms with E-state index < -0.39 is 0 Å². The number of thiophene rings is 1. The molecule has 1 amide bonds. The molecule has 3 aromatic heterocycles. The van der Waals surface area contributed by atoms with Crippen molar-refractivity contribution in [2.45, 2.75) is 20.0 Å². The first kappa shape index (κ1) is 16.0. The number of hydrogen-bond acceptors (Lipinski definition) is 5. The number of rotatable bonds is 2. The summed E-state index contributed by atoms with van der Waals surface area (Å²) < 4.78 is 1.81. The third kappa shape index (κ3) is 2.59. The van der Waals surface area contributed by atoms with Crippen molar-refractivity contribution >= 4 is 33.1 Å². The molecule has 27 heavy (non-hydrogen) atoms. The molecular weight excluding hydrogens is 358 g/mol. The van der Waals surface area contributed by atoms with Gasteiger partial charge in [-0.25, -0.2) is 9.67 Å². The number of nitrogens with zero attached hydrogens (tertiary/aromatic N) is 3. The zero-order valence-corrected chi connectivity index (χ0v) is 15.7. The van der Waals surface area contributed by atoms with Gasteiger partial charge in [-0.1, -0.05) is 18.2 Å². The Balaban J connectivity index is 1.55. The molecule has 5 rings (SSSR count). The molecule has 0 unspecified atom stereocenters. The molecular formula is C20H17N5OS. The summed E-state index contributed by atoms with van der Waals surface area (Å²) in [6.07, 6.45) is 3.38. The molecule has 1 aliphatic rings. The molecule has 7 heteroatoms. The number of amides is 1. The lowest BCUT2D eigenvalue weighted by molar-refractivity contribution is 0.0940. The molecule has 1 atom stereocenters. The normalized spacial score (nSPS) is 16.1. The van der Waals surface area contributed by atoms with Crippen molar-refractivity contribution in [3.8, 4) is 5.69 Å². The Morgan fingerprint density at radius 2 is 1.96 bits per heavy atom. The van der Waals surface area contributed by atoms with Gasteiger partial charge in [0.1, 0.15) is 15.9 Å². The van der Waals surface area contributed by atoms with Crippen LogP contribution in [0.3, 0.4) is 0 Å². The molecule has 6 nitrogen and oxygen atoms in total. The highest BCUT2D eigenvalue weighted by Gasteiger charge is 2.30. The van der Waals surface area contributed by atoms with Crippen molar-refractivity contribution < 1.29 is 4.79 Å². The number of pyridine rings is 1. The average Bonchev–Trinajstić information content (AvgIpc) is 3.27. The van der Waals surface area contributed by atoms with Gasteiger partial charge in [0, 0.05) is 22.8 Å². The number of para-hydroxylation sites is 1. The predicted molar refractivity (Wildman–Crippen MR) is 106 cm³/mol. The summed E-state index contributed by atoms with van der Waals surface area (Å²) in [5.74, 6) is -0.0822. The molecule has 0 saturated heterocycles. The number of nitrogens with one attached hydrogen (secondary N) is 2. The lowest BCUT2D eigenvalue weighted by atomic mass is 10.1. The summed E-state index contributed by atoms with van der Waals surface area (Å²) >= 11 is 1.43. The van der Waals surface area contributed by atoms with Crippen LogP contribution >= 0.6 is 11.3 Å². The number of carbonyl (C=O) groups is 1. The first-order valence-corrected chi connectivity index (χ1v) is 9.50. The van der Waals surface area contributed by atoms with E-state index in [0.717, 1.165) is 38.4 Å². The number of carbonyl (C=O) groups excluding carboxylic acids is 1. The second-order valence-electron chi connectivity index (χ2n) is 6.67. The smallest absolute Gasteiger partial charge is 0.265 e. The molecule has 4 heterocycles. The van der Waals surface area contributed by atoms with Gasteiger partial charge in [0.25, 0.3) is 5.91 Å². The quantitative estimate of drug-likeness (QED) is 0.556. The lowest BCUT2D eigenvalue weighted by Gasteiger charge is -2.25. The van der Waals surface area contributed by atoms with E-state index in [0.29, 0.717) is 4.88 Å². The summed E-state index contributed by atoms with van der Waals surface area (Å²) in [5, 5.41) is 12.0. The summed E-state index contributed by atoms with van der Waals surface area (Å²) in [6.45, 7) is 4.03. The Morgan fingerprint density at radius 1 is 1.15 bits per heavy atom. The fourth-order valence-corrected chi connectivity index (χ4v) is 4.65. The van der Waals surface area contributed by atoms with Crippen LogP contribution in [0.1, 0.15) is 32.7 Å². The SMILES string of the molecule is Cc1cc(C)c2c3c(sc2n1)C(=O)N[C@H](c1cnn(-c2ccccc2)c1)N3. The Kier molecular flexibility index (Phi) is 3.51. The number of hydrogen-bond donors (Lipinski definition) is 2. The highest BCUT2D eigenvalue weighted by atomic mass is 32.1.